The molecule has 0 unspecified atom stereocenters. The number of rotatable bonds is 3. The van der Waals surface area contributed by atoms with Crippen LogP contribution >= 0.6 is 11.8 Å². The third-order valence-corrected chi connectivity index (χ3v) is 2.26. The maximum absolute atomic E-state index is 2.27. The van der Waals surface area contributed by atoms with Crippen molar-refractivity contribution >= 4 is 11.8 Å². The van der Waals surface area contributed by atoms with Gasteiger partial charge in [0.2, 0.25) is 0 Å². The summed E-state index contributed by atoms with van der Waals surface area (Å²) in [6, 6.07) is 0. The van der Waals surface area contributed by atoms with Gasteiger partial charge in [0.25, 0.3) is 0 Å². The molecular weight excluding hydrogens is 104 g/mol. The highest BCUT2D eigenvalue weighted by Crippen LogP contribution is 2.11. The molecule has 0 nitrogen and oxygen atoms in total. The van der Waals surface area contributed by atoms with E-state index < -0.39 is 0 Å². The van der Waals surface area contributed by atoms with Gasteiger partial charge in [-0.1, -0.05) is 20.8 Å². The minimum Gasteiger partial charge on any atom is -0.159 e. The number of hydrogen-bond acceptors (Lipinski definition) is 1. The van der Waals surface area contributed by atoms with E-state index >= 15 is 0 Å². The summed E-state index contributed by atoms with van der Waals surface area (Å²) in [5, 5.41) is 0.866. The molecule has 1 atom stereocenters. The first-order valence-electron chi connectivity index (χ1n) is 2.92. The van der Waals surface area contributed by atoms with E-state index in [4.69, 9.17) is 0 Å². The molecule has 0 rings (SSSR count). The van der Waals surface area contributed by atoms with Crippen molar-refractivity contribution in [3.63, 3.8) is 0 Å². The molecule has 44 valence electrons. The minimum absolute atomic E-state index is 0.866. The SMILES string of the molecule is CCS[C@@H](C)CC. The number of hydrogen-bond donors (Lipinski definition) is 0. The van der Waals surface area contributed by atoms with Gasteiger partial charge in [0.05, 0.1) is 0 Å². The summed E-state index contributed by atoms with van der Waals surface area (Å²) in [6.45, 7) is 6.71. The standard InChI is InChI=1S/C6H14S/c1-4-6(3)7-5-2/h6H,4-5H2,1-3H3/t6-/m0/s1. The van der Waals surface area contributed by atoms with Crippen LogP contribution in [0.2, 0.25) is 0 Å². The van der Waals surface area contributed by atoms with E-state index in [9.17, 15) is 0 Å². The Kier molecular flexibility index (Phi) is 4.73. The van der Waals surface area contributed by atoms with Gasteiger partial charge in [0, 0.05) is 5.25 Å². The molecule has 0 fully saturated rings. The van der Waals surface area contributed by atoms with Crippen LogP contribution < -0.4 is 0 Å². The Hall–Kier alpha value is 0.350. The summed E-state index contributed by atoms with van der Waals surface area (Å²) in [6.07, 6.45) is 1.30. The Morgan fingerprint density at radius 1 is 1.43 bits per heavy atom. The van der Waals surface area contributed by atoms with Gasteiger partial charge in [0.1, 0.15) is 0 Å². The molecule has 0 amide bonds. The van der Waals surface area contributed by atoms with Crippen molar-refractivity contribution in [3.05, 3.63) is 0 Å². The van der Waals surface area contributed by atoms with Crippen molar-refractivity contribution < 1.29 is 0 Å². The quantitative estimate of drug-likeness (QED) is 0.548. The van der Waals surface area contributed by atoms with Gasteiger partial charge in [-0.2, -0.15) is 11.8 Å². The second-order valence-corrected chi connectivity index (χ2v) is 3.39. The van der Waals surface area contributed by atoms with Crippen LogP contribution in [0, 0.1) is 0 Å². The van der Waals surface area contributed by atoms with E-state index in [2.05, 4.69) is 20.8 Å². The van der Waals surface area contributed by atoms with Gasteiger partial charge in [-0.3, -0.25) is 0 Å². The summed E-state index contributed by atoms with van der Waals surface area (Å²) in [5.41, 5.74) is 0. The fourth-order valence-electron chi connectivity index (χ4n) is 0.402. The van der Waals surface area contributed by atoms with E-state index in [1.165, 1.54) is 12.2 Å². The Labute approximate surface area is 50.7 Å². The Morgan fingerprint density at radius 3 is 2.14 bits per heavy atom. The zero-order valence-corrected chi connectivity index (χ0v) is 6.22. The van der Waals surface area contributed by atoms with Gasteiger partial charge in [-0.25, -0.2) is 0 Å². The predicted molar refractivity (Wildman–Crippen MR) is 37.9 cm³/mol. The first-order valence-corrected chi connectivity index (χ1v) is 3.97. The molecule has 0 N–H and O–H groups in total. The summed E-state index contributed by atoms with van der Waals surface area (Å²) in [5.74, 6) is 1.26. The zero-order valence-electron chi connectivity index (χ0n) is 5.40. The highest BCUT2D eigenvalue weighted by Gasteiger charge is 1.92. The monoisotopic (exact) mass is 118 g/mol. The van der Waals surface area contributed by atoms with Crippen molar-refractivity contribution in [1.82, 2.24) is 0 Å². The Balaban J connectivity index is 2.83. The fraction of sp³-hybridized carbons (Fsp3) is 1.00. The lowest BCUT2D eigenvalue weighted by Crippen LogP contribution is -1.91. The van der Waals surface area contributed by atoms with Crippen molar-refractivity contribution in [3.8, 4) is 0 Å². The smallest absolute Gasteiger partial charge is 0.00159 e. The second-order valence-electron chi connectivity index (χ2n) is 1.67. The van der Waals surface area contributed by atoms with Gasteiger partial charge in [-0.05, 0) is 12.2 Å². The van der Waals surface area contributed by atoms with Crippen molar-refractivity contribution in [2.45, 2.75) is 32.4 Å². The third-order valence-electron chi connectivity index (χ3n) is 1.03. The maximum atomic E-state index is 2.27. The molecule has 0 bridgehead atoms. The molecule has 0 radical (unpaired) electrons. The second kappa shape index (κ2) is 4.51. The van der Waals surface area contributed by atoms with Crippen molar-refractivity contribution in [2.24, 2.45) is 0 Å². The largest absolute Gasteiger partial charge is 0.159 e. The Bertz CT molecular complexity index is 35.2. The van der Waals surface area contributed by atoms with E-state index in [0.29, 0.717) is 0 Å². The summed E-state index contributed by atoms with van der Waals surface area (Å²) < 4.78 is 0. The lowest BCUT2D eigenvalue weighted by atomic mass is 10.4. The van der Waals surface area contributed by atoms with Gasteiger partial charge >= 0.3 is 0 Å². The molecule has 0 aliphatic carbocycles. The average molecular weight is 118 g/mol. The molecule has 1 heteroatoms. The average Bonchev–Trinajstić information content (AvgIpc) is 1.68. The van der Waals surface area contributed by atoms with Crippen LogP contribution in [-0.4, -0.2) is 11.0 Å². The minimum atomic E-state index is 0.866. The molecule has 0 aromatic carbocycles. The van der Waals surface area contributed by atoms with Crippen molar-refractivity contribution in [1.29, 1.82) is 0 Å². The van der Waals surface area contributed by atoms with E-state index in [1.54, 1.807) is 0 Å². The highest BCUT2D eigenvalue weighted by atomic mass is 32.2. The highest BCUT2D eigenvalue weighted by molar-refractivity contribution is 7.99. The molecule has 0 saturated carbocycles. The summed E-state index contributed by atoms with van der Waals surface area (Å²) in [4.78, 5) is 0. The molecule has 0 aliphatic rings. The lowest BCUT2D eigenvalue weighted by Gasteiger charge is -2.02. The lowest BCUT2D eigenvalue weighted by molar-refractivity contribution is 0.906. The van der Waals surface area contributed by atoms with E-state index in [-0.39, 0.29) is 0 Å². The van der Waals surface area contributed by atoms with Crippen LogP contribution in [-0.2, 0) is 0 Å². The zero-order chi connectivity index (χ0) is 5.70. The first-order chi connectivity index (χ1) is 3.31. The van der Waals surface area contributed by atoms with E-state index in [0.717, 1.165) is 5.25 Å². The molecule has 0 aromatic rings. The topological polar surface area (TPSA) is 0 Å². The van der Waals surface area contributed by atoms with E-state index in [1.807, 2.05) is 11.8 Å². The van der Waals surface area contributed by atoms with Crippen LogP contribution in [0.5, 0.6) is 0 Å². The molecule has 0 saturated heterocycles. The van der Waals surface area contributed by atoms with Crippen LogP contribution in [0.4, 0.5) is 0 Å². The molecular formula is C6H14S. The van der Waals surface area contributed by atoms with Crippen molar-refractivity contribution in [2.75, 3.05) is 5.75 Å². The normalized spacial score (nSPS) is 14.1. The van der Waals surface area contributed by atoms with Gasteiger partial charge in [0.15, 0.2) is 0 Å². The maximum Gasteiger partial charge on any atom is 0.00159 e. The third kappa shape index (κ3) is 4.20. The molecule has 0 spiro atoms. The molecule has 7 heavy (non-hydrogen) atoms. The fourth-order valence-corrected chi connectivity index (χ4v) is 1.21. The summed E-state index contributed by atoms with van der Waals surface area (Å²) in [7, 11) is 0. The number of thioether (sulfide) groups is 1. The van der Waals surface area contributed by atoms with Crippen LogP contribution in [0.1, 0.15) is 27.2 Å². The first kappa shape index (κ1) is 7.35. The van der Waals surface area contributed by atoms with Crippen LogP contribution in [0.15, 0.2) is 0 Å². The summed E-state index contributed by atoms with van der Waals surface area (Å²) >= 11 is 2.03. The molecule has 0 aliphatic heterocycles. The Morgan fingerprint density at radius 2 is 2.00 bits per heavy atom. The van der Waals surface area contributed by atoms with Gasteiger partial charge < -0.3 is 0 Å². The molecule has 0 aromatic heterocycles. The van der Waals surface area contributed by atoms with Crippen LogP contribution in [0.25, 0.3) is 0 Å². The van der Waals surface area contributed by atoms with Crippen LogP contribution in [0.3, 0.4) is 0 Å². The predicted octanol–water partition coefficient (Wildman–Crippen LogP) is 2.54. The van der Waals surface area contributed by atoms with Gasteiger partial charge in [-0.15, -0.1) is 0 Å². The molecule has 0 heterocycles.